The summed E-state index contributed by atoms with van der Waals surface area (Å²) < 4.78 is 5.56. The van der Waals surface area contributed by atoms with Crippen molar-refractivity contribution >= 4 is 0 Å². The van der Waals surface area contributed by atoms with Crippen LogP contribution in [-0.2, 0) is 4.74 Å². The highest BCUT2D eigenvalue weighted by atomic mass is 16.5. The fourth-order valence-corrected chi connectivity index (χ4v) is 2.21. The average Bonchev–Trinajstić information content (AvgIpc) is 2.71. The second-order valence-corrected chi connectivity index (χ2v) is 4.29. The third-order valence-corrected chi connectivity index (χ3v) is 3.05. The van der Waals surface area contributed by atoms with Crippen molar-refractivity contribution in [1.29, 1.82) is 0 Å². The van der Waals surface area contributed by atoms with E-state index < -0.39 is 0 Å². The van der Waals surface area contributed by atoms with Gasteiger partial charge in [0.25, 0.3) is 0 Å². The smallest absolute Gasteiger partial charge is 0.0700 e. The predicted octanol–water partition coefficient (Wildman–Crippen LogP) is 0.459. The summed E-state index contributed by atoms with van der Waals surface area (Å²) in [6.07, 6.45) is 4.28. The number of rotatable bonds is 3. The Hall–Kier alpha value is -0.120. The van der Waals surface area contributed by atoms with E-state index in [0.29, 0.717) is 12.1 Å². The van der Waals surface area contributed by atoms with Gasteiger partial charge in [-0.3, -0.25) is 0 Å². The molecular weight excluding hydrogens is 164 g/mol. The lowest BCUT2D eigenvalue weighted by Crippen LogP contribution is -2.36. The summed E-state index contributed by atoms with van der Waals surface area (Å²) in [5, 5.41) is 3.59. The molecule has 0 radical (unpaired) electrons. The van der Waals surface area contributed by atoms with Gasteiger partial charge in [-0.15, -0.1) is 0 Å². The van der Waals surface area contributed by atoms with Gasteiger partial charge in [0.05, 0.1) is 6.10 Å². The van der Waals surface area contributed by atoms with Crippen molar-refractivity contribution in [2.75, 3.05) is 33.3 Å². The van der Waals surface area contributed by atoms with Crippen LogP contribution in [0.4, 0.5) is 0 Å². The number of nitrogens with zero attached hydrogens (tertiary/aromatic N) is 1. The summed E-state index contributed by atoms with van der Waals surface area (Å²) in [4.78, 5) is 2.38. The number of hydrogen-bond acceptors (Lipinski definition) is 3. The van der Waals surface area contributed by atoms with E-state index in [9.17, 15) is 0 Å². The fourth-order valence-electron chi connectivity index (χ4n) is 2.21. The van der Waals surface area contributed by atoms with Crippen LogP contribution in [-0.4, -0.2) is 50.3 Å². The van der Waals surface area contributed by atoms with Crippen LogP contribution in [0.5, 0.6) is 0 Å². The molecule has 3 heteroatoms. The summed E-state index contributed by atoms with van der Waals surface area (Å²) >= 11 is 0. The molecule has 13 heavy (non-hydrogen) atoms. The molecule has 0 spiro atoms. The molecule has 2 atom stereocenters. The van der Waals surface area contributed by atoms with Crippen LogP contribution in [0.15, 0.2) is 0 Å². The number of likely N-dealkylation sites (N-methyl/N-ethyl adjacent to an activating group) is 1. The third-order valence-electron chi connectivity index (χ3n) is 3.05. The summed E-state index contributed by atoms with van der Waals surface area (Å²) in [6.45, 7) is 4.46. The molecule has 2 aliphatic heterocycles. The Morgan fingerprint density at radius 1 is 1.46 bits per heavy atom. The minimum Gasteiger partial charge on any atom is -0.377 e. The lowest BCUT2D eigenvalue weighted by atomic mass is 10.2. The van der Waals surface area contributed by atoms with Crippen LogP contribution < -0.4 is 5.32 Å². The molecule has 2 heterocycles. The Labute approximate surface area is 80.4 Å². The molecule has 76 valence electrons. The first-order chi connectivity index (χ1) is 6.34. The van der Waals surface area contributed by atoms with Crippen LogP contribution in [0, 0.1) is 0 Å². The zero-order valence-corrected chi connectivity index (χ0v) is 8.46. The molecule has 2 rings (SSSR count). The summed E-state index contributed by atoms with van der Waals surface area (Å²) in [5.41, 5.74) is 0. The maximum atomic E-state index is 5.56. The van der Waals surface area contributed by atoms with E-state index in [-0.39, 0.29) is 0 Å². The van der Waals surface area contributed by atoms with E-state index in [4.69, 9.17) is 4.74 Å². The van der Waals surface area contributed by atoms with E-state index in [0.717, 1.165) is 13.2 Å². The second kappa shape index (κ2) is 4.40. The van der Waals surface area contributed by atoms with Gasteiger partial charge >= 0.3 is 0 Å². The zero-order valence-electron chi connectivity index (χ0n) is 8.46. The minimum atomic E-state index is 0.492. The van der Waals surface area contributed by atoms with Crippen LogP contribution in [0.1, 0.15) is 19.3 Å². The predicted molar refractivity (Wildman–Crippen MR) is 52.9 cm³/mol. The molecule has 3 nitrogen and oxygen atoms in total. The maximum Gasteiger partial charge on any atom is 0.0700 e. The van der Waals surface area contributed by atoms with Crippen LogP contribution in [0.2, 0.25) is 0 Å². The Bertz CT molecular complexity index is 157. The van der Waals surface area contributed by atoms with Crippen molar-refractivity contribution < 1.29 is 4.74 Å². The third kappa shape index (κ3) is 2.66. The van der Waals surface area contributed by atoms with Crippen molar-refractivity contribution in [1.82, 2.24) is 10.2 Å². The highest BCUT2D eigenvalue weighted by Crippen LogP contribution is 2.12. The van der Waals surface area contributed by atoms with Crippen molar-refractivity contribution in [3.8, 4) is 0 Å². The normalized spacial score (nSPS) is 35.8. The maximum absolute atomic E-state index is 5.56. The number of ether oxygens (including phenoxy) is 1. The first-order valence-electron chi connectivity index (χ1n) is 5.38. The monoisotopic (exact) mass is 184 g/mol. The summed E-state index contributed by atoms with van der Waals surface area (Å²) in [7, 11) is 2.19. The minimum absolute atomic E-state index is 0.492. The molecule has 0 aromatic rings. The van der Waals surface area contributed by atoms with Crippen LogP contribution in [0.3, 0.4) is 0 Å². The molecule has 0 bridgehead atoms. The highest BCUT2D eigenvalue weighted by Gasteiger charge is 2.21. The molecule has 2 saturated heterocycles. The van der Waals surface area contributed by atoms with Gasteiger partial charge in [-0.25, -0.2) is 0 Å². The van der Waals surface area contributed by atoms with Gasteiger partial charge in [-0.1, -0.05) is 0 Å². The molecule has 2 fully saturated rings. The van der Waals surface area contributed by atoms with Crippen molar-refractivity contribution in [2.45, 2.75) is 31.4 Å². The molecule has 0 saturated carbocycles. The van der Waals surface area contributed by atoms with Gasteiger partial charge in [0.15, 0.2) is 0 Å². The first-order valence-corrected chi connectivity index (χ1v) is 5.38. The van der Waals surface area contributed by atoms with Crippen molar-refractivity contribution in [2.24, 2.45) is 0 Å². The Kier molecular flexibility index (Phi) is 3.19. The summed E-state index contributed by atoms with van der Waals surface area (Å²) in [5.74, 6) is 0. The molecule has 0 amide bonds. The molecular formula is C10H20N2O. The van der Waals surface area contributed by atoms with E-state index in [1.165, 1.54) is 32.4 Å². The Balaban J connectivity index is 1.62. The number of nitrogens with one attached hydrogen (secondary N) is 1. The highest BCUT2D eigenvalue weighted by molar-refractivity contribution is 4.80. The lowest BCUT2D eigenvalue weighted by molar-refractivity contribution is 0.107. The van der Waals surface area contributed by atoms with E-state index >= 15 is 0 Å². The number of hydrogen-bond donors (Lipinski definition) is 1. The molecule has 2 aliphatic rings. The largest absolute Gasteiger partial charge is 0.377 e. The van der Waals surface area contributed by atoms with Crippen LogP contribution in [0.25, 0.3) is 0 Å². The van der Waals surface area contributed by atoms with Crippen molar-refractivity contribution in [3.63, 3.8) is 0 Å². The van der Waals surface area contributed by atoms with Gasteiger partial charge in [-0.2, -0.15) is 0 Å². The lowest BCUT2D eigenvalue weighted by Gasteiger charge is -2.15. The van der Waals surface area contributed by atoms with Gasteiger partial charge in [0.2, 0.25) is 0 Å². The summed E-state index contributed by atoms with van der Waals surface area (Å²) in [6, 6.07) is 0.703. The average molecular weight is 184 g/mol. The Morgan fingerprint density at radius 2 is 2.38 bits per heavy atom. The van der Waals surface area contributed by atoms with E-state index in [1.54, 1.807) is 0 Å². The molecule has 1 N–H and O–H groups in total. The first kappa shape index (κ1) is 9.44. The molecule has 1 unspecified atom stereocenters. The Morgan fingerprint density at radius 3 is 3.00 bits per heavy atom. The zero-order chi connectivity index (χ0) is 9.10. The van der Waals surface area contributed by atoms with Gasteiger partial charge in [-0.05, 0) is 32.9 Å². The van der Waals surface area contributed by atoms with Gasteiger partial charge in [0, 0.05) is 25.7 Å². The second-order valence-electron chi connectivity index (χ2n) is 4.29. The quantitative estimate of drug-likeness (QED) is 0.689. The van der Waals surface area contributed by atoms with Gasteiger partial charge < -0.3 is 15.0 Å². The van der Waals surface area contributed by atoms with E-state index in [1.807, 2.05) is 0 Å². The van der Waals surface area contributed by atoms with Gasteiger partial charge in [0.1, 0.15) is 0 Å². The fraction of sp³-hybridized carbons (Fsp3) is 1.00. The van der Waals surface area contributed by atoms with E-state index in [2.05, 4.69) is 17.3 Å². The van der Waals surface area contributed by atoms with Crippen molar-refractivity contribution in [3.05, 3.63) is 0 Å². The molecule has 0 aliphatic carbocycles. The SMILES string of the molecule is CN1CCC(NC[C@H]2CCCO2)C1. The molecule has 0 aromatic heterocycles. The topological polar surface area (TPSA) is 24.5 Å². The van der Waals surface area contributed by atoms with Crippen LogP contribution >= 0.6 is 0 Å². The number of likely N-dealkylation sites (tertiary alicyclic amines) is 1. The molecule has 0 aromatic carbocycles. The standard InChI is InChI=1S/C10H20N2O/c1-12-5-4-9(8-12)11-7-10-3-2-6-13-10/h9-11H,2-8H2,1H3/t9?,10-/m1/s1.